The van der Waals surface area contributed by atoms with Gasteiger partial charge < -0.3 is 10.2 Å². The van der Waals surface area contributed by atoms with Crippen LogP contribution in [0.5, 0.6) is 0 Å². The quantitative estimate of drug-likeness (QED) is 0.919. The van der Waals surface area contributed by atoms with Crippen molar-refractivity contribution >= 4 is 5.91 Å². The number of rotatable bonds is 3. The maximum absolute atomic E-state index is 13.2. The highest BCUT2D eigenvalue weighted by molar-refractivity contribution is 5.80. The van der Waals surface area contributed by atoms with Crippen LogP contribution >= 0.6 is 0 Å². The summed E-state index contributed by atoms with van der Waals surface area (Å²) in [7, 11) is 0. The van der Waals surface area contributed by atoms with Gasteiger partial charge in [-0.05, 0) is 63.9 Å². The SMILES string of the molecule is Cc1nn(-c2ccc(F)cc2)c(C)c1CC(=O)N1C2CCNCC1CC2. The Kier molecular flexibility index (Phi) is 4.53. The molecule has 1 amide bonds. The van der Waals surface area contributed by atoms with Crippen LogP contribution in [0.15, 0.2) is 24.3 Å². The Labute approximate surface area is 153 Å². The Hall–Kier alpha value is -2.21. The van der Waals surface area contributed by atoms with Gasteiger partial charge in [-0.25, -0.2) is 9.07 Å². The molecule has 138 valence electrons. The highest BCUT2D eigenvalue weighted by atomic mass is 19.1. The van der Waals surface area contributed by atoms with E-state index in [1.807, 2.05) is 13.8 Å². The molecule has 1 aromatic heterocycles. The van der Waals surface area contributed by atoms with Gasteiger partial charge in [-0.3, -0.25) is 4.79 Å². The Morgan fingerprint density at radius 1 is 1.19 bits per heavy atom. The second-order valence-electron chi connectivity index (χ2n) is 7.39. The summed E-state index contributed by atoms with van der Waals surface area (Å²) in [5.41, 5.74) is 3.60. The van der Waals surface area contributed by atoms with Gasteiger partial charge in [-0.1, -0.05) is 0 Å². The lowest BCUT2D eigenvalue weighted by molar-refractivity contribution is -0.133. The van der Waals surface area contributed by atoms with E-state index in [-0.39, 0.29) is 11.7 Å². The number of fused-ring (bicyclic) bond motifs is 2. The summed E-state index contributed by atoms with van der Waals surface area (Å²) in [5.74, 6) is -0.0676. The molecule has 2 atom stereocenters. The average Bonchev–Trinajstić information content (AvgIpc) is 3.04. The van der Waals surface area contributed by atoms with Crippen molar-refractivity contribution in [3.8, 4) is 5.69 Å². The van der Waals surface area contributed by atoms with Crippen LogP contribution in [0, 0.1) is 19.7 Å². The molecule has 4 rings (SSSR count). The summed E-state index contributed by atoms with van der Waals surface area (Å²) in [5, 5.41) is 8.03. The highest BCUT2D eigenvalue weighted by Gasteiger charge is 2.38. The van der Waals surface area contributed by atoms with Crippen LogP contribution in [0.1, 0.15) is 36.2 Å². The van der Waals surface area contributed by atoms with Gasteiger partial charge in [0, 0.05) is 29.9 Å². The summed E-state index contributed by atoms with van der Waals surface area (Å²) in [6.45, 7) is 5.80. The van der Waals surface area contributed by atoms with Crippen LogP contribution in [0.4, 0.5) is 4.39 Å². The second-order valence-corrected chi connectivity index (χ2v) is 7.39. The molecule has 2 unspecified atom stereocenters. The number of hydrogen-bond acceptors (Lipinski definition) is 3. The number of halogens is 1. The van der Waals surface area contributed by atoms with E-state index in [1.54, 1.807) is 16.8 Å². The lowest BCUT2D eigenvalue weighted by Crippen LogP contribution is -2.43. The topological polar surface area (TPSA) is 50.2 Å². The van der Waals surface area contributed by atoms with E-state index < -0.39 is 0 Å². The molecule has 2 aromatic rings. The summed E-state index contributed by atoms with van der Waals surface area (Å²) in [4.78, 5) is 15.2. The molecule has 2 fully saturated rings. The Morgan fingerprint density at radius 2 is 1.92 bits per heavy atom. The van der Waals surface area contributed by atoms with Crippen molar-refractivity contribution in [3.63, 3.8) is 0 Å². The first-order chi connectivity index (χ1) is 12.5. The van der Waals surface area contributed by atoms with Crippen molar-refractivity contribution in [2.45, 2.75) is 51.6 Å². The Bertz CT molecular complexity index is 800. The van der Waals surface area contributed by atoms with E-state index in [0.29, 0.717) is 18.5 Å². The Morgan fingerprint density at radius 3 is 2.69 bits per heavy atom. The van der Waals surface area contributed by atoms with E-state index in [4.69, 9.17) is 0 Å². The molecular weight excluding hydrogens is 331 g/mol. The van der Waals surface area contributed by atoms with Crippen LogP contribution in [0.25, 0.3) is 5.69 Å². The van der Waals surface area contributed by atoms with Gasteiger partial charge >= 0.3 is 0 Å². The average molecular weight is 356 g/mol. The van der Waals surface area contributed by atoms with Crippen LogP contribution < -0.4 is 5.32 Å². The standard InChI is InChI=1S/C20H25FN4O/c1-13-19(14(2)25(23-13)17-5-3-15(21)4-6-17)11-20(26)24-16-7-8-18(24)12-22-10-9-16/h3-6,16,18,22H,7-12H2,1-2H3. The van der Waals surface area contributed by atoms with Gasteiger partial charge in [0.05, 0.1) is 17.8 Å². The molecule has 0 radical (unpaired) electrons. The van der Waals surface area contributed by atoms with Crippen molar-refractivity contribution in [1.29, 1.82) is 0 Å². The van der Waals surface area contributed by atoms with Crippen LogP contribution in [-0.2, 0) is 11.2 Å². The maximum atomic E-state index is 13.2. The molecule has 26 heavy (non-hydrogen) atoms. The minimum atomic E-state index is -0.268. The summed E-state index contributed by atoms with van der Waals surface area (Å²) in [6.07, 6.45) is 3.63. The fourth-order valence-corrected chi connectivity index (χ4v) is 4.40. The lowest BCUT2D eigenvalue weighted by Gasteiger charge is -2.28. The Balaban J connectivity index is 1.58. The number of aromatic nitrogens is 2. The number of benzene rings is 1. The predicted molar refractivity (Wildman–Crippen MR) is 97.8 cm³/mol. The third-order valence-electron chi connectivity index (χ3n) is 5.78. The third kappa shape index (κ3) is 3.03. The van der Waals surface area contributed by atoms with Crippen molar-refractivity contribution in [3.05, 3.63) is 47.0 Å². The van der Waals surface area contributed by atoms with E-state index in [2.05, 4.69) is 15.3 Å². The minimum Gasteiger partial charge on any atom is -0.335 e. The maximum Gasteiger partial charge on any atom is 0.227 e. The molecule has 1 N–H and O–H groups in total. The number of nitrogens with zero attached hydrogens (tertiary/aromatic N) is 3. The fourth-order valence-electron chi connectivity index (χ4n) is 4.40. The van der Waals surface area contributed by atoms with Crippen LogP contribution in [0.3, 0.4) is 0 Å². The lowest BCUT2D eigenvalue weighted by atomic mass is 10.1. The van der Waals surface area contributed by atoms with Crippen molar-refractivity contribution in [1.82, 2.24) is 20.0 Å². The van der Waals surface area contributed by atoms with Crippen LogP contribution in [-0.4, -0.2) is 45.8 Å². The van der Waals surface area contributed by atoms with E-state index in [9.17, 15) is 9.18 Å². The molecule has 6 heteroatoms. The molecule has 2 saturated heterocycles. The third-order valence-corrected chi connectivity index (χ3v) is 5.78. The number of nitrogens with one attached hydrogen (secondary N) is 1. The van der Waals surface area contributed by atoms with Gasteiger partial charge in [0.25, 0.3) is 0 Å². The van der Waals surface area contributed by atoms with Gasteiger partial charge in [0.1, 0.15) is 5.82 Å². The number of amides is 1. The fraction of sp³-hybridized carbons (Fsp3) is 0.500. The van der Waals surface area contributed by atoms with Gasteiger partial charge in [0.15, 0.2) is 0 Å². The second kappa shape index (κ2) is 6.83. The summed E-state index contributed by atoms with van der Waals surface area (Å²) < 4.78 is 15.0. The van der Waals surface area contributed by atoms with Crippen LogP contribution in [0.2, 0.25) is 0 Å². The zero-order valence-electron chi connectivity index (χ0n) is 15.3. The zero-order valence-corrected chi connectivity index (χ0v) is 15.3. The zero-order chi connectivity index (χ0) is 18.3. The predicted octanol–water partition coefficient (Wildman–Crippen LogP) is 2.52. The molecule has 2 bridgehead atoms. The molecule has 0 saturated carbocycles. The number of aryl methyl sites for hydroxylation is 1. The van der Waals surface area contributed by atoms with Crippen molar-refractivity contribution < 1.29 is 9.18 Å². The molecule has 2 aliphatic rings. The first-order valence-corrected chi connectivity index (χ1v) is 9.37. The first kappa shape index (κ1) is 17.2. The van der Waals surface area contributed by atoms with Crippen molar-refractivity contribution in [2.75, 3.05) is 13.1 Å². The van der Waals surface area contributed by atoms with E-state index >= 15 is 0 Å². The first-order valence-electron chi connectivity index (χ1n) is 9.37. The smallest absolute Gasteiger partial charge is 0.227 e. The molecule has 1 aromatic carbocycles. The normalized spacial score (nSPS) is 22.5. The highest BCUT2D eigenvalue weighted by Crippen LogP contribution is 2.29. The summed E-state index contributed by atoms with van der Waals surface area (Å²) in [6, 6.07) is 6.97. The molecule has 3 heterocycles. The van der Waals surface area contributed by atoms with Crippen molar-refractivity contribution in [2.24, 2.45) is 0 Å². The van der Waals surface area contributed by atoms with Gasteiger partial charge in [-0.2, -0.15) is 5.10 Å². The molecule has 0 spiro atoms. The molecular formula is C20H25FN4O. The number of hydrogen-bond donors (Lipinski definition) is 1. The minimum absolute atomic E-state index is 0.200. The molecule has 5 nitrogen and oxygen atoms in total. The van der Waals surface area contributed by atoms with Gasteiger partial charge in [-0.15, -0.1) is 0 Å². The van der Waals surface area contributed by atoms with Gasteiger partial charge in [0.2, 0.25) is 5.91 Å². The monoisotopic (exact) mass is 356 g/mol. The summed E-state index contributed by atoms with van der Waals surface area (Å²) >= 11 is 0. The molecule has 0 aliphatic carbocycles. The number of carbonyl (C=O) groups excluding carboxylic acids is 1. The van der Waals surface area contributed by atoms with E-state index in [1.165, 1.54) is 12.1 Å². The molecule has 2 aliphatic heterocycles. The largest absolute Gasteiger partial charge is 0.335 e. The number of carbonyl (C=O) groups is 1. The van der Waals surface area contributed by atoms with E-state index in [0.717, 1.165) is 55.0 Å².